The highest BCUT2D eigenvalue weighted by Crippen LogP contribution is 2.01. The molecule has 0 fully saturated rings. The third kappa shape index (κ3) is 8.67. The Kier molecular flexibility index (Phi) is 7.57. The first-order valence-corrected chi connectivity index (χ1v) is 3.89. The van der Waals surface area contributed by atoms with Gasteiger partial charge in [-0.25, -0.2) is 4.79 Å². The number of ether oxygens (including phenoxy) is 1. The van der Waals surface area contributed by atoms with Crippen molar-refractivity contribution in [2.24, 2.45) is 0 Å². The monoisotopic (exact) mass is 200 g/mol. The van der Waals surface area contributed by atoms with Gasteiger partial charge in [0, 0.05) is 6.08 Å². The summed E-state index contributed by atoms with van der Waals surface area (Å²) in [6.07, 6.45) is 2.22. The SMILES string of the molecule is C=CC(=O)C(C)(C)O.C=CC(=O)OC. The molecule has 1 N–H and O–H groups in total. The van der Waals surface area contributed by atoms with E-state index in [-0.39, 0.29) is 5.78 Å². The summed E-state index contributed by atoms with van der Waals surface area (Å²) in [5.74, 6) is -0.743. The average molecular weight is 200 g/mol. The van der Waals surface area contributed by atoms with E-state index in [0.717, 1.165) is 12.2 Å². The van der Waals surface area contributed by atoms with Crippen molar-refractivity contribution < 1.29 is 19.4 Å². The van der Waals surface area contributed by atoms with Crippen molar-refractivity contribution in [3.05, 3.63) is 25.3 Å². The molecule has 0 radical (unpaired) electrons. The van der Waals surface area contributed by atoms with Crippen molar-refractivity contribution >= 4 is 11.8 Å². The normalized spacial score (nSPS) is 9.14. The molecular formula is C10H16O4. The van der Waals surface area contributed by atoms with Crippen LogP contribution in [0, 0.1) is 0 Å². The quantitative estimate of drug-likeness (QED) is 0.542. The van der Waals surface area contributed by atoms with Crippen LogP contribution in [0.3, 0.4) is 0 Å². The highest BCUT2D eigenvalue weighted by Gasteiger charge is 2.19. The molecule has 0 aliphatic carbocycles. The maximum Gasteiger partial charge on any atom is 0.329 e. The third-order valence-corrected chi connectivity index (χ3v) is 1.16. The van der Waals surface area contributed by atoms with Crippen molar-refractivity contribution in [2.45, 2.75) is 19.4 Å². The minimum Gasteiger partial charge on any atom is -0.466 e. The summed E-state index contributed by atoms with van der Waals surface area (Å²) in [5.41, 5.74) is -1.25. The number of esters is 1. The van der Waals surface area contributed by atoms with Gasteiger partial charge < -0.3 is 9.84 Å². The Morgan fingerprint density at radius 3 is 1.71 bits per heavy atom. The number of carbonyl (C=O) groups is 2. The highest BCUT2D eigenvalue weighted by molar-refractivity contribution is 5.95. The Balaban J connectivity index is 0. The van der Waals surface area contributed by atoms with Crippen LogP contribution in [-0.4, -0.2) is 29.6 Å². The van der Waals surface area contributed by atoms with Crippen molar-refractivity contribution in [1.29, 1.82) is 0 Å². The Morgan fingerprint density at radius 2 is 1.71 bits per heavy atom. The summed E-state index contributed by atoms with van der Waals surface area (Å²) in [5, 5.41) is 8.87. The molecule has 80 valence electrons. The zero-order chi connectivity index (χ0) is 11.8. The molecular weight excluding hydrogens is 184 g/mol. The van der Waals surface area contributed by atoms with Gasteiger partial charge in [0.2, 0.25) is 0 Å². The standard InChI is InChI=1S/C6H10O2.C4H6O2/c1-4-5(7)6(2,3)8;1-3-4(5)6-2/h4,8H,1H2,2-3H3;3H,1H2,2H3. The molecule has 0 aromatic rings. The predicted molar refractivity (Wildman–Crippen MR) is 53.7 cm³/mol. The maximum absolute atomic E-state index is 10.5. The summed E-state index contributed by atoms with van der Waals surface area (Å²) in [6.45, 7) is 9.23. The fourth-order valence-corrected chi connectivity index (χ4v) is 0.333. The van der Waals surface area contributed by atoms with Crippen LogP contribution in [0.1, 0.15) is 13.8 Å². The molecule has 0 saturated heterocycles. The van der Waals surface area contributed by atoms with Crippen molar-refractivity contribution in [3.8, 4) is 0 Å². The molecule has 0 aliphatic heterocycles. The van der Waals surface area contributed by atoms with E-state index in [9.17, 15) is 9.59 Å². The minimum atomic E-state index is -1.25. The molecule has 0 bridgehead atoms. The number of aliphatic hydroxyl groups is 1. The highest BCUT2D eigenvalue weighted by atomic mass is 16.5. The van der Waals surface area contributed by atoms with Gasteiger partial charge in [-0.3, -0.25) is 4.79 Å². The van der Waals surface area contributed by atoms with Crippen LogP contribution in [0.25, 0.3) is 0 Å². The van der Waals surface area contributed by atoms with Crippen LogP contribution in [0.4, 0.5) is 0 Å². The number of hydrogen-bond donors (Lipinski definition) is 1. The summed E-state index contributed by atoms with van der Waals surface area (Å²) in [6, 6.07) is 0. The van der Waals surface area contributed by atoms with E-state index < -0.39 is 11.6 Å². The van der Waals surface area contributed by atoms with Crippen molar-refractivity contribution in [3.63, 3.8) is 0 Å². The van der Waals surface area contributed by atoms with Gasteiger partial charge in [-0.2, -0.15) is 0 Å². The van der Waals surface area contributed by atoms with E-state index in [1.54, 1.807) is 0 Å². The number of ketones is 1. The summed E-state index contributed by atoms with van der Waals surface area (Å²) in [4.78, 5) is 20.3. The fraction of sp³-hybridized carbons (Fsp3) is 0.400. The largest absolute Gasteiger partial charge is 0.466 e. The Labute approximate surface area is 83.9 Å². The van der Waals surface area contributed by atoms with E-state index >= 15 is 0 Å². The van der Waals surface area contributed by atoms with Gasteiger partial charge in [0.25, 0.3) is 0 Å². The zero-order valence-electron chi connectivity index (χ0n) is 8.74. The van der Waals surface area contributed by atoms with E-state index in [0.29, 0.717) is 0 Å². The smallest absolute Gasteiger partial charge is 0.329 e. The molecule has 0 unspecified atom stereocenters. The molecule has 0 heterocycles. The topological polar surface area (TPSA) is 63.6 Å². The van der Waals surface area contributed by atoms with Crippen molar-refractivity contribution in [2.75, 3.05) is 7.11 Å². The Hall–Kier alpha value is -1.42. The summed E-state index contributed by atoms with van der Waals surface area (Å²) < 4.78 is 4.14. The first-order valence-electron chi connectivity index (χ1n) is 3.89. The van der Waals surface area contributed by atoms with Crippen LogP contribution in [-0.2, 0) is 14.3 Å². The van der Waals surface area contributed by atoms with Gasteiger partial charge in [-0.15, -0.1) is 0 Å². The second-order valence-corrected chi connectivity index (χ2v) is 2.85. The third-order valence-electron chi connectivity index (χ3n) is 1.16. The molecule has 0 aromatic carbocycles. The number of hydrogen-bond acceptors (Lipinski definition) is 4. The van der Waals surface area contributed by atoms with Gasteiger partial charge in [0.15, 0.2) is 5.78 Å². The second-order valence-electron chi connectivity index (χ2n) is 2.85. The zero-order valence-corrected chi connectivity index (χ0v) is 8.74. The predicted octanol–water partition coefficient (Wildman–Crippen LogP) is 0.858. The molecule has 0 amide bonds. The second kappa shape index (κ2) is 7.03. The molecule has 0 aromatic heterocycles. The summed E-state index contributed by atoms with van der Waals surface area (Å²) >= 11 is 0. The first-order chi connectivity index (χ1) is 6.29. The van der Waals surface area contributed by atoms with Crippen molar-refractivity contribution in [1.82, 2.24) is 0 Å². The molecule has 0 atom stereocenters. The molecule has 0 rings (SSSR count). The maximum atomic E-state index is 10.5. The number of rotatable bonds is 3. The van der Waals surface area contributed by atoms with E-state index in [4.69, 9.17) is 5.11 Å². The Bertz CT molecular complexity index is 223. The van der Waals surface area contributed by atoms with Crippen LogP contribution in [0.5, 0.6) is 0 Å². The first kappa shape index (κ1) is 15.1. The lowest BCUT2D eigenvalue weighted by atomic mass is 10.1. The lowest BCUT2D eigenvalue weighted by Gasteiger charge is -2.10. The van der Waals surface area contributed by atoms with Crippen LogP contribution >= 0.6 is 0 Å². The lowest BCUT2D eigenvalue weighted by Crippen LogP contribution is -2.28. The lowest BCUT2D eigenvalue weighted by molar-refractivity contribution is -0.134. The molecule has 0 saturated carbocycles. The number of methoxy groups -OCH3 is 1. The van der Waals surface area contributed by atoms with Crippen LogP contribution < -0.4 is 0 Å². The molecule has 0 spiro atoms. The van der Waals surface area contributed by atoms with E-state index in [1.165, 1.54) is 21.0 Å². The average Bonchev–Trinajstić information content (AvgIpc) is 2.14. The van der Waals surface area contributed by atoms with Gasteiger partial charge in [0.05, 0.1) is 7.11 Å². The fourth-order valence-electron chi connectivity index (χ4n) is 0.333. The van der Waals surface area contributed by atoms with Gasteiger partial charge >= 0.3 is 5.97 Å². The molecule has 14 heavy (non-hydrogen) atoms. The van der Waals surface area contributed by atoms with Crippen LogP contribution in [0.15, 0.2) is 25.3 Å². The minimum absolute atomic E-state index is 0.350. The summed E-state index contributed by atoms with van der Waals surface area (Å²) in [7, 11) is 1.31. The van der Waals surface area contributed by atoms with E-state index in [1.807, 2.05) is 0 Å². The van der Waals surface area contributed by atoms with Crippen LogP contribution in [0.2, 0.25) is 0 Å². The number of carbonyl (C=O) groups excluding carboxylic acids is 2. The van der Waals surface area contributed by atoms with Gasteiger partial charge in [-0.05, 0) is 19.9 Å². The Morgan fingerprint density at radius 1 is 1.29 bits per heavy atom. The van der Waals surface area contributed by atoms with E-state index in [2.05, 4.69) is 17.9 Å². The molecule has 4 heteroatoms. The molecule has 4 nitrogen and oxygen atoms in total. The van der Waals surface area contributed by atoms with Gasteiger partial charge in [-0.1, -0.05) is 13.2 Å². The van der Waals surface area contributed by atoms with Gasteiger partial charge in [0.1, 0.15) is 5.60 Å². The molecule has 0 aliphatic rings.